The van der Waals surface area contributed by atoms with Crippen molar-refractivity contribution in [3.05, 3.63) is 57.8 Å². The van der Waals surface area contributed by atoms with Gasteiger partial charge >= 0.3 is 0 Å². The first-order chi connectivity index (χ1) is 9.40. The molecule has 0 saturated carbocycles. The fraction of sp³-hybridized carbons (Fsp3) is 0.154. The van der Waals surface area contributed by atoms with E-state index in [1.54, 1.807) is 6.92 Å². The monoisotopic (exact) mass is 374 g/mol. The van der Waals surface area contributed by atoms with E-state index < -0.39 is 10.0 Å². The predicted octanol–water partition coefficient (Wildman–Crippen LogP) is 3.54. The van der Waals surface area contributed by atoms with Crippen LogP contribution in [0.3, 0.4) is 0 Å². The first-order valence-corrected chi connectivity index (χ1v) is 8.43. The van der Waals surface area contributed by atoms with Crippen molar-refractivity contribution >= 4 is 37.6 Å². The Morgan fingerprint density at radius 3 is 2.50 bits per heavy atom. The maximum atomic E-state index is 12.3. The zero-order valence-electron chi connectivity index (χ0n) is 10.5. The molecule has 1 aromatic carbocycles. The van der Waals surface area contributed by atoms with Crippen LogP contribution < -0.4 is 4.72 Å². The smallest absolute Gasteiger partial charge is 0.244 e. The summed E-state index contributed by atoms with van der Waals surface area (Å²) in [6, 6.07) is 8.49. The van der Waals surface area contributed by atoms with Gasteiger partial charge in [0.15, 0.2) is 0 Å². The fourth-order valence-corrected chi connectivity index (χ4v) is 3.60. The van der Waals surface area contributed by atoms with Crippen LogP contribution in [0.15, 0.2) is 52.1 Å². The van der Waals surface area contributed by atoms with Crippen LogP contribution in [0, 0.1) is 0 Å². The highest BCUT2D eigenvalue weighted by molar-refractivity contribution is 9.10. The normalized spacial score (nSPS) is 13.2. The second-order valence-corrected chi connectivity index (χ2v) is 7.21. The second kappa shape index (κ2) is 6.22. The predicted molar refractivity (Wildman–Crippen MR) is 82.1 cm³/mol. The van der Waals surface area contributed by atoms with Crippen LogP contribution >= 0.6 is 27.5 Å². The van der Waals surface area contributed by atoms with Crippen molar-refractivity contribution in [1.82, 2.24) is 9.71 Å². The van der Waals surface area contributed by atoms with E-state index in [1.165, 1.54) is 18.5 Å². The number of aromatic nitrogens is 1. The van der Waals surface area contributed by atoms with Gasteiger partial charge in [-0.05, 0) is 30.7 Å². The van der Waals surface area contributed by atoms with Gasteiger partial charge in [-0.2, -0.15) is 0 Å². The van der Waals surface area contributed by atoms with E-state index in [2.05, 4.69) is 25.6 Å². The van der Waals surface area contributed by atoms with Gasteiger partial charge in [0.2, 0.25) is 10.0 Å². The summed E-state index contributed by atoms with van der Waals surface area (Å²) in [5.74, 6) is 0. The molecule has 0 saturated heterocycles. The van der Waals surface area contributed by atoms with Crippen molar-refractivity contribution in [2.45, 2.75) is 17.9 Å². The third kappa shape index (κ3) is 3.58. The first kappa shape index (κ1) is 15.4. The van der Waals surface area contributed by atoms with Crippen molar-refractivity contribution in [3.63, 3.8) is 0 Å². The lowest BCUT2D eigenvalue weighted by Crippen LogP contribution is -2.27. The molecule has 0 aliphatic rings. The number of halogens is 2. The molecule has 4 nitrogen and oxygen atoms in total. The molecule has 2 rings (SSSR count). The Hall–Kier alpha value is -0.950. The van der Waals surface area contributed by atoms with Crippen molar-refractivity contribution in [3.8, 4) is 0 Å². The molecule has 0 bridgehead atoms. The largest absolute Gasteiger partial charge is 0.263 e. The van der Waals surface area contributed by atoms with Crippen LogP contribution in [0.25, 0.3) is 0 Å². The molecule has 1 N–H and O–H groups in total. The Bertz CT molecular complexity index is 705. The Labute approximate surface area is 131 Å². The summed E-state index contributed by atoms with van der Waals surface area (Å²) in [4.78, 5) is 3.77. The topological polar surface area (TPSA) is 59.1 Å². The summed E-state index contributed by atoms with van der Waals surface area (Å²) >= 11 is 9.23. The molecule has 0 aliphatic carbocycles. The molecule has 106 valence electrons. The standard InChI is InChI=1S/C13H12BrClN2O2S/c1-9(10-2-4-11(14)5-3-10)17-20(18,19)13-8-16-7-6-12(13)15/h2-9,17H,1H3/t9-/m1/s1. The van der Waals surface area contributed by atoms with E-state index in [4.69, 9.17) is 11.6 Å². The first-order valence-electron chi connectivity index (χ1n) is 5.77. The quantitative estimate of drug-likeness (QED) is 0.889. The minimum atomic E-state index is -3.70. The Morgan fingerprint density at radius 2 is 1.90 bits per heavy atom. The van der Waals surface area contributed by atoms with Crippen molar-refractivity contribution < 1.29 is 8.42 Å². The van der Waals surface area contributed by atoms with Gasteiger partial charge in [0.1, 0.15) is 4.90 Å². The van der Waals surface area contributed by atoms with Gasteiger partial charge in [0.05, 0.1) is 5.02 Å². The fourth-order valence-electron chi connectivity index (χ4n) is 1.68. The summed E-state index contributed by atoms with van der Waals surface area (Å²) < 4.78 is 28.0. The van der Waals surface area contributed by atoms with Crippen molar-refractivity contribution in [1.29, 1.82) is 0 Å². The zero-order chi connectivity index (χ0) is 14.8. The Balaban J connectivity index is 2.24. The van der Waals surface area contributed by atoms with Crippen LogP contribution in [0.1, 0.15) is 18.5 Å². The maximum Gasteiger partial charge on any atom is 0.244 e. The molecular formula is C13H12BrClN2O2S. The number of nitrogens with one attached hydrogen (secondary N) is 1. The highest BCUT2D eigenvalue weighted by Crippen LogP contribution is 2.22. The molecule has 2 aromatic rings. The van der Waals surface area contributed by atoms with Crippen LogP contribution in [-0.2, 0) is 10.0 Å². The second-order valence-electron chi connectivity index (χ2n) is 4.20. The molecular weight excluding hydrogens is 364 g/mol. The van der Waals surface area contributed by atoms with Gasteiger partial charge in [-0.3, -0.25) is 4.98 Å². The lowest BCUT2D eigenvalue weighted by molar-refractivity contribution is 0.566. The molecule has 0 amide bonds. The molecule has 0 unspecified atom stereocenters. The number of sulfonamides is 1. The van der Waals surface area contributed by atoms with Crippen molar-refractivity contribution in [2.75, 3.05) is 0 Å². The Kier molecular flexibility index (Phi) is 4.80. The van der Waals surface area contributed by atoms with E-state index in [1.807, 2.05) is 24.3 Å². The third-order valence-electron chi connectivity index (χ3n) is 2.73. The summed E-state index contributed by atoms with van der Waals surface area (Å²) in [7, 11) is -3.70. The molecule has 0 fully saturated rings. The van der Waals surface area contributed by atoms with Gasteiger partial charge < -0.3 is 0 Å². The van der Waals surface area contributed by atoms with E-state index >= 15 is 0 Å². The molecule has 0 spiro atoms. The highest BCUT2D eigenvalue weighted by Gasteiger charge is 2.21. The zero-order valence-corrected chi connectivity index (χ0v) is 13.7. The summed E-state index contributed by atoms with van der Waals surface area (Å²) in [6.45, 7) is 1.77. The number of hydrogen-bond donors (Lipinski definition) is 1. The summed E-state index contributed by atoms with van der Waals surface area (Å²) in [5.41, 5.74) is 0.858. The molecule has 0 radical (unpaired) electrons. The molecule has 7 heteroatoms. The third-order valence-corrected chi connectivity index (χ3v) is 5.26. The van der Waals surface area contributed by atoms with Gasteiger partial charge in [-0.15, -0.1) is 0 Å². The minimum absolute atomic E-state index is 0.0226. The molecule has 0 aliphatic heterocycles. The average Bonchev–Trinajstić information content (AvgIpc) is 2.39. The van der Waals surface area contributed by atoms with Gasteiger partial charge in [-0.1, -0.05) is 39.7 Å². The molecule has 1 atom stereocenters. The van der Waals surface area contributed by atoms with Gasteiger partial charge in [-0.25, -0.2) is 13.1 Å². The lowest BCUT2D eigenvalue weighted by Gasteiger charge is -2.15. The van der Waals surface area contributed by atoms with E-state index in [0.717, 1.165) is 10.0 Å². The maximum absolute atomic E-state index is 12.3. The van der Waals surface area contributed by atoms with Gasteiger partial charge in [0.25, 0.3) is 0 Å². The van der Waals surface area contributed by atoms with Crippen LogP contribution in [0.2, 0.25) is 5.02 Å². The minimum Gasteiger partial charge on any atom is -0.263 e. The van der Waals surface area contributed by atoms with Crippen LogP contribution in [-0.4, -0.2) is 13.4 Å². The highest BCUT2D eigenvalue weighted by atomic mass is 79.9. The molecule has 20 heavy (non-hydrogen) atoms. The number of nitrogens with zero attached hydrogens (tertiary/aromatic N) is 1. The van der Waals surface area contributed by atoms with Crippen LogP contribution in [0.5, 0.6) is 0 Å². The summed E-state index contributed by atoms with van der Waals surface area (Å²) in [6.07, 6.45) is 2.68. The van der Waals surface area contributed by atoms with Crippen LogP contribution in [0.4, 0.5) is 0 Å². The number of rotatable bonds is 4. The van der Waals surface area contributed by atoms with E-state index in [0.29, 0.717) is 0 Å². The number of pyridine rings is 1. The van der Waals surface area contributed by atoms with E-state index in [9.17, 15) is 8.42 Å². The number of benzene rings is 1. The number of hydrogen-bond acceptors (Lipinski definition) is 3. The van der Waals surface area contributed by atoms with Gasteiger partial charge in [0, 0.05) is 22.9 Å². The lowest BCUT2D eigenvalue weighted by atomic mass is 10.1. The Morgan fingerprint density at radius 1 is 1.25 bits per heavy atom. The van der Waals surface area contributed by atoms with Crippen molar-refractivity contribution in [2.24, 2.45) is 0 Å². The van der Waals surface area contributed by atoms with E-state index in [-0.39, 0.29) is 16.0 Å². The summed E-state index contributed by atoms with van der Waals surface area (Å²) in [5, 5.41) is 0.149. The average molecular weight is 376 g/mol. The molecule has 1 heterocycles. The SMILES string of the molecule is C[C@@H](NS(=O)(=O)c1cnccc1Cl)c1ccc(Br)cc1. The molecule has 1 aromatic heterocycles.